The first-order chi connectivity index (χ1) is 11.7. The van der Waals surface area contributed by atoms with Crippen molar-refractivity contribution in [2.75, 3.05) is 6.61 Å². The van der Waals surface area contributed by atoms with Crippen LogP contribution in [0.3, 0.4) is 0 Å². The quantitative estimate of drug-likeness (QED) is 0.786. The van der Waals surface area contributed by atoms with Crippen molar-refractivity contribution in [3.8, 4) is 0 Å². The highest BCUT2D eigenvalue weighted by Gasteiger charge is 2.31. The normalized spacial score (nSPS) is 20.6. The fourth-order valence-corrected chi connectivity index (χ4v) is 3.05. The molecule has 0 unspecified atom stereocenters. The molecule has 0 spiro atoms. The third kappa shape index (κ3) is 4.32. The molecule has 0 aliphatic heterocycles. The second kappa shape index (κ2) is 8.25. The summed E-state index contributed by atoms with van der Waals surface area (Å²) in [4.78, 5) is 0. The first-order valence-corrected chi connectivity index (χ1v) is 8.38. The van der Waals surface area contributed by atoms with Crippen LogP contribution in [0.1, 0.15) is 24.5 Å². The van der Waals surface area contributed by atoms with Crippen LogP contribution in [-0.4, -0.2) is 23.9 Å². The Labute approximate surface area is 143 Å². The summed E-state index contributed by atoms with van der Waals surface area (Å²) in [7, 11) is 0. The standard InChI is InChI=1S/C21H24O3/c1-16-19(15-23-13-17-8-4-2-5-9-17)12-20(22)21(16)24-14-18-10-6-3-7-11-18/h2-11,20-22H,12-15H2,1H3/t20-,21-/m1/s1. The van der Waals surface area contributed by atoms with Crippen LogP contribution < -0.4 is 0 Å². The molecule has 0 aromatic heterocycles. The fraction of sp³-hybridized carbons (Fsp3) is 0.333. The third-order valence-electron chi connectivity index (χ3n) is 4.45. The van der Waals surface area contributed by atoms with Crippen molar-refractivity contribution >= 4 is 0 Å². The lowest BCUT2D eigenvalue weighted by Crippen LogP contribution is -2.25. The van der Waals surface area contributed by atoms with Gasteiger partial charge in [-0.15, -0.1) is 0 Å². The second-order valence-corrected chi connectivity index (χ2v) is 6.25. The van der Waals surface area contributed by atoms with Gasteiger partial charge in [0, 0.05) is 0 Å². The molecule has 0 amide bonds. The van der Waals surface area contributed by atoms with Gasteiger partial charge in [0.25, 0.3) is 0 Å². The Balaban J connectivity index is 1.53. The summed E-state index contributed by atoms with van der Waals surface area (Å²) in [6, 6.07) is 20.2. The minimum atomic E-state index is -0.482. The lowest BCUT2D eigenvalue weighted by molar-refractivity contribution is -0.0149. The van der Waals surface area contributed by atoms with Gasteiger partial charge in [0.1, 0.15) is 6.10 Å². The molecule has 2 aromatic rings. The maximum Gasteiger partial charge on any atom is 0.105 e. The van der Waals surface area contributed by atoms with E-state index in [4.69, 9.17) is 9.47 Å². The van der Waals surface area contributed by atoms with Crippen molar-refractivity contribution < 1.29 is 14.6 Å². The summed E-state index contributed by atoms with van der Waals surface area (Å²) in [6.45, 7) is 3.68. The molecule has 3 nitrogen and oxygen atoms in total. The van der Waals surface area contributed by atoms with E-state index in [1.54, 1.807) is 0 Å². The predicted octanol–water partition coefficient (Wildman–Crippen LogP) is 3.87. The number of hydrogen-bond acceptors (Lipinski definition) is 3. The smallest absolute Gasteiger partial charge is 0.105 e. The minimum absolute atomic E-state index is 0.236. The summed E-state index contributed by atoms with van der Waals surface area (Å²) < 4.78 is 11.8. The van der Waals surface area contributed by atoms with Gasteiger partial charge in [-0.3, -0.25) is 0 Å². The maximum atomic E-state index is 10.3. The molecule has 126 valence electrons. The molecule has 0 fully saturated rings. The van der Waals surface area contributed by atoms with Crippen LogP contribution in [0.4, 0.5) is 0 Å². The topological polar surface area (TPSA) is 38.7 Å². The van der Waals surface area contributed by atoms with Gasteiger partial charge >= 0.3 is 0 Å². The van der Waals surface area contributed by atoms with Gasteiger partial charge in [0.15, 0.2) is 0 Å². The monoisotopic (exact) mass is 324 g/mol. The number of hydrogen-bond donors (Lipinski definition) is 1. The molecular weight excluding hydrogens is 300 g/mol. The van der Waals surface area contributed by atoms with E-state index < -0.39 is 6.10 Å². The van der Waals surface area contributed by atoms with Gasteiger partial charge in [-0.05, 0) is 35.6 Å². The molecule has 1 aliphatic rings. The molecule has 3 rings (SSSR count). The number of aliphatic hydroxyl groups is 1. The fourth-order valence-electron chi connectivity index (χ4n) is 3.05. The van der Waals surface area contributed by atoms with Crippen LogP contribution in [0.15, 0.2) is 71.8 Å². The van der Waals surface area contributed by atoms with Gasteiger partial charge in [-0.2, -0.15) is 0 Å². The molecule has 0 heterocycles. The third-order valence-corrected chi connectivity index (χ3v) is 4.45. The van der Waals surface area contributed by atoms with Crippen LogP contribution in [0, 0.1) is 0 Å². The average molecular weight is 324 g/mol. The Bertz CT molecular complexity index is 664. The molecule has 0 saturated carbocycles. The number of ether oxygens (including phenoxy) is 2. The summed E-state index contributed by atoms with van der Waals surface area (Å²) in [5.41, 5.74) is 4.53. The first-order valence-electron chi connectivity index (χ1n) is 8.38. The summed E-state index contributed by atoms with van der Waals surface area (Å²) in [5.74, 6) is 0. The van der Waals surface area contributed by atoms with E-state index in [9.17, 15) is 5.11 Å². The number of aliphatic hydroxyl groups excluding tert-OH is 1. The molecule has 0 bridgehead atoms. The highest BCUT2D eigenvalue weighted by atomic mass is 16.5. The van der Waals surface area contributed by atoms with Gasteiger partial charge < -0.3 is 14.6 Å². The molecule has 0 radical (unpaired) electrons. The van der Waals surface area contributed by atoms with E-state index in [1.165, 1.54) is 0 Å². The SMILES string of the molecule is CC1=C(COCc2ccccc2)C[C@@H](O)[C@@H]1OCc1ccccc1. The zero-order chi connectivity index (χ0) is 16.8. The molecule has 2 atom stereocenters. The Kier molecular flexibility index (Phi) is 5.81. The minimum Gasteiger partial charge on any atom is -0.390 e. The molecule has 1 aliphatic carbocycles. The van der Waals surface area contributed by atoms with Crippen molar-refractivity contribution in [2.45, 2.75) is 38.8 Å². The Morgan fingerprint density at radius 3 is 2.08 bits per heavy atom. The highest BCUT2D eigenvalue weighted by molar-refractivity contribution is 5.26. The lowest BCUT2D eigenvalue weighted by Gasteiger charge is -2.17. The van der Waals surface area contributed by atoms with E-state index in [2.05, 4.69) is 12.1 Å². The largest absolute Gasteiger partial charge is 0.390 e. The molecule has 24 heavy (non-hydrogen) atoms. The number of rotatable bonds is 7. The van der Waals surface area contributed by atoms with Crippen LogP contribution in [0.2, 0.25) is 0 Å². The van der Waals surface area contributed by atoms with E-state index >= 15 is 0 Å². The summed E-state index contributed by atoms with van der Waals surface area (Å²) >= 11 is 0. The van der Waals surface area contributed by atoms with Crippen LogP contribution in [-0.2, 0) is 22.7 Å². The molecule has 1 N–H and O–H groups in total. The van der Waals surface area contributed by atoms with Crippen molar-refractivity contribution in [1.82, 2.24) is 0 Å². The Hall–Kier alpha value is -1.94. The summed E-state index contributed by atoms with van der Waals surface area (Å²) in [5, 5.41) is 10.3. The van der Waals surface area contributed by atoms with Gasteiger partial charge in [-0.1, -0.05) is 60.7 Å². The highest BCUT2D eigenvalue weighted by Crippen LogP contribution is 2.30. The molecular formula is C21H24O3. The van der Waals surface area contributed by atoms with E-state index in [-0.39, 0.29) is 6.10 Å². The zero-order valence-corrected chi connectivity index (χ0v) is 14.0. The zero-order valence-electron chi connectivity index (χ0n) is 14.0. The van der Waals surface area contributed by atoms with Gasteiger partial charge in [0.2, 0.25) is 0 Å². The van der Waals surface area contributed by atoms with Gasteiger partial charge in [-0.25, -0.2) is 0 Å². The van der Waals surface area contributed by atoms with E-state index in [0.29, 0.717) is 26.2 Å². The van der Waals surface area contributed by atoms with Crippen LogP contribution in [0.5, 0.6) is 0 Å². The van der Waals surface area contributed by atoms with Crippen molar-refractivity contribution in [1.29, 1.82) is 0 Å². The van der Waals surface area contributed by atoms with E-state index in [1.807, 2.05) is 55.5 Å². The number of benzene rings is 2. The average Bonchev–Trinajstić information content (AvgIpc) is 2.89. The van der Waals surface area contributed by atoms with Crippen molar-refractivity contribution in [2.24, 2.45) is 0 Å². The van der Waals surface area contributed by atoms with Crippen LogP contribution in [0.25, 0.3) is 0 Å². The lowest BCUT2D eigenvalue weighted by atomic mass is 10.1. The van der Waals surface area contributed by atoms with Crippen molar-refractivity contribution in [3.63, 3.8) is 0 Å². The van der Waals surface area contributed by atoms with Crippen molar-refractivity contribution in [3.05, 3.63) is 82.9 Å². The molecule has 3 heteroatoms. The Morgan fingerprint density at radius 2 is 1.46 bits per heavy atom. The van der Waals surface area contributed by atoms with E-state index in [0.717, 1.165) is 22.3 Å². The Morgan fingerprint density at radius 1 is 0.875 bits per heavy atom. The maximum absolute atomic E-state index is 10.3. The van der Waals surface area contributed by atoms with Gasteiger partial charge in [0.05, 0.1) is 25.9 Å². The molecule has 0 saturated heterocycles. The van der Waals surface area contributed by atoms with Crippen LogP contribution >= 0.6 is 0 Å². The first kappa shape index (κ1) is 16.9. The molecule has 2 aromatic carbocycles. The predicted molar refractivity (Wildman–Crippen MR) is 94.4 cm³/mol. The summed E-state index contributed by atoms with van der Waals surface area (Å²) in [6.07, 6.45) is -0.0929. The second-order valence-electron chi connectivity index (χ2n) is 6.25.